The van der Waals surface area contributed by atoms with Gasteiger partial charge in [-0.05, 0) is 30.7 Å². The number of nitrogens with one attached hydrogen (secondary N) is 1. The van der Waals surface area contributed by atoms with Crippen molar-refractivity contribution < 1.29 is 4.74 Å². The van der Waals surface area contributed by atoms with Crippen molar-refractivity contribution in [2.75, 3.05) is 21.2 Å². The van der Waals surface area contributed by atoms with Crippen LogP contribution in [0, 0.1) is 0 Å². The molecule has 0 atom stereocenters. The lowest BCUT2D eigenvalue weighted by Gasteiger charge is -2.09. The predicted molar refractivity (Wildman–Crippen MR) is 76.9 cm³/mol. The van der Waals surface area contributed by atoms with Crippen LogP contribution in [0.3, 0.4) is 0 Å². The highest BCUT2D eigenvalue weighted by Crippen LogP contribution is 2.13. The van der Waals surface area contributed by atoms with Gasteiger partial charge in [0.1, 0.15) is 11.5 Å². The van der Waals surface area contributed by atoms with Gasteiger partial charge in [0.15, 0.2) is 0 Å². The summed E-state index contributed by atoms with van der Waals surface area (Å²) in [6.45, 7) is 2.14. The van der Waals surface area contributed by atoms with Gasteiger partial charge < -0.3 is 10.2 Å². The van der Waals surface area contributed by atoms with E-state index in [2.05, 4.69) is 22.4 Å². The molecule has 0 unspecified atom stereocenters. The molecule has 1 N–H and O–H groups in total. The first kappa shape index (κ1) is 14.2. The fraction of sp³-hybridized carbons (Fsp3) is 0.429. The zero-order valence-corrected chi connectivity index (χ0v) is 11.5. The van der Waals surface area contributed by atoms with Gasteiger partial charge in [-0.15, -0.1) is 0 Å². The van der Waals surface area contributed by atoms with E-state index < -0.39 is 0 Å². The molecule has 0 saturated heterocycles. The van der Waals surface area contributed by atoms with Crippen molar-refractivity contribution in [1.29, 1.82) is 0 Å². The maximum absolute atomic E-state index is 5.16. The maximum atomic E-state index is 5.16. The third kappa shape index (κ3) is 3.58. The van der Waals surface area contributed by atoms with Crippen molar-refractivity contribution in [1.82, 2.24) is 5.43 Å². The first-order chi connectivity index (χ1) is 8.76. The average molecular weight is 247 g/mol. The first-order valence-electron chi connectivity index (χ1n) is 6.11. The molecule has 18 heavy (non-hydrogen) atoms. The molecule has 4 nitrogen and oxygen atoms in total. The Morgan fingerprint density at radius 2 is 1.94 bits per heavy atom. The maximum Gasteiger partial charge on any atom is 0.118 e. The normalized spacial score (nSPS) is 12.4. The molecule has 0 radical (unpaired) electrons. The molecular formula is C14H21N3O. The molecule has 0 heterocycles. The lowest BCUT2D eigenvalue weighted by atomic mass is 10.0. The highest BCUT2D eigenvalue weighted by Gasteiger charge is 2.10. The van der Waals surface area contributed by atoms with Gasteiger partial charge in [0.25, 0.3) is 0 Å². The van der Waals surface area contributed by atoms with Gasteiger partial charge >= 0.3 is 0 Å². The smallest absolute Gasteiger partial charge is 0.118 e. The second-order valence-electron chi connectivity index (χ2n) is 3.83. The monoisotopic (exact) mass is 247 g/mol. The molecule has 4 heteroatoms. The molecule has 0 aliphatic rings. The Labute approximate surface area is 109 Å². The minimum Gasteiger partial charge on any atom is -0.497 e. The van der Waals surface area contributed by atoms with E-state index in [1.54, 1.807) is 21.2 Å². The Morgan fingerprint density at radius 3 is 2.39 bits per heavy atom. The molecular weight excluding hydrogens is 226 g/mol. The third-order valence-electron chi connectivity index (χ3n) is 2.62. The number of benzene rings is 1. The lowest BCUT2D eigenvalue weighted by Crippen LogP contribution is -2.18. The molecule has 0 aliphatic carbocycles. The number of rotatable bonds is 6. The zero-order valence-electron chi connectivity index (χ0n) is 11.5. The molecule has 0 bridgehead atoms. The number of hydrazone groups is 1. The number of methoxy groups -OCH3 is 1. The molecule has 0 fully saturated rings. The fourth-order valence-electron chi connectivity index (χ4n) is 1.73. The second-order valence-corrected chi connectivity index (χ2v) is 3.83. The van der Waals surface area contributed by atoms with Crippen molar-refractivity contribution in [3.8, 4) is 5.75 Å². The minimum atomic E-state index is 0.841. The van der Waals surface area contributed by atoms with Gasteiger partial charge in [-0.3, -0.25) is 4.99 Å². The summed E-state index contributed by atoms with van der Waals surface area (Å²) in [4.78, 5) is 4.33. The molecule has 0 aromatic heterocycles. The van der Waals surface area contributed by atoms with Gasteiger partial charge in [-0.25, -0.2) is 0 Å². The van der Waals surface area contributed by atoms with Crippen LogP contribution in [-0.4, -0.2) is 32.6 Å². The first-order valence-corrected chi connectivity index (χ1v) is 6.11. The Kier molecular flexibility index (Phi) is 5.91. The molecule has 0 spiro atoms. The quantitative estimate of drug-likeness (QED) is 0.620. The van der Waals surface area contributed by atoms with E-state index >= 15 is 0 Å². The summed E-state index contributed by atoms with van der Waals surface area (Å²) in [6.07, 6.45) is 1.97. The summed E-state index contributed by atoms with van der Waals surface area (Å²) in [7, 11) is 5.26. The van der Waals surface area contributed by atoms with E-state index in [0.29, 0.717) is 0 Å². The van der Waals surface area contributed by atoms with Crippen LogP contribution in [-0.2, 0) is 0 Å². The van der Waals surface area contributed by atoms with Crippen LogP contribution in [0.2, 0.25) is 0 Å². The van der Waals surface area contributed by atoms with Gasteiger partial charge in [-0.2, -0.15) is 5.10 Å². The summed E-state index contributed by atoms with van der Waals surface area (Å²) in [5.74, 6) is 0.841. The predicted octanol–water partition coefficient (Wildman–Crippen LogP) is 2.49. The van der Waals surface area contributed by atoms with Crippen LogP contribution in [0.15, 0.2) is 34.4 Å². The number of nitrogens with zero attached hydrogens (tertiary/aromatic N) is 2. The Balaban J connectivity index is 3.07. The Bertz CT molecular complexity index is 421. The molecule has 1 aromatic carbocycles. The summed E-state index contributed by atoms with van der Waals surface area (Å²) in [5.41, 5.74) is 5.79. The standard InChI is InChI=1S/C14H21N3O/c1-5-6-13(15-2)14(17-16-3)11-7-9-12(18-4)10-8-11/h7-10,16H,5-6H2,1-4H3/b15-13-,17-14-. The van der Waals surface area contributed by atoms with Gasteiger partial charge in [0.05, 0.1) is 12.8 Å². The largest absolute Gasteiger partial charge is 0.497 e. The average Bonchev–Trinajstić information content (AvgIpc) is 2.43. The Hall–Kier alpha value is -1.84. The summed E-state index contributed by atoms with van der Waals surface area (Å²) < 4.78 is 5.16. The number of ether oxygens (including phenoxy) is 1. The molecule has 0 aliphatic heterocycles. The highest BCUT2D eigenvalue weighted by atomic mass is 16.5. The van der Waals surface area contributed by atoms with E-state index in [4.69, 9.17) is 4.74 Å². The topological polar surface area (TPSA) is 46.0 Å². The van der Waals surface area contributed by atoms with E-state index in [9.17, 15) is 0 Å². The van der Waals surface area contributed by atoms with Crippen molar-refractivity contribution in [2.24, 2.45) is 10.1 Å². The summed E-state index contributed by atoms with van der Waals surface area (Å²) >= 11 is 0. The molecule has 98 valence electrons. The Morgan fingerprint density at radius 1 is 1.28 bits per heavy atom. The molecule has 1 aromatic rings. The van der Waals surface area contributed by atoms with Crippen molar-refractivity contribution in [3.63, 3.8) is 0 Å². The van der Waals surface area contributed by atoms with Crippen LogP contribution in [0.25, 0.3) is 0 Å². The molecule has 1 rings (SSSR count). The van der Waals surface area contributed by atoms with E-state index in [1.807, 2.05) is 24.3 Å². The highest BCUT2D eigenvalue weighted by molar-refractivity contribution is 6.48. The van der Waals surface area contributed by atoms with Crippen LogP contribution < -0.4 is 10.2 Å². The van der Waals surface area contributed by atoms with Crippen molar-refractivity contribution in [3.05, 3.63) is 29.8 Å². The van der Waals surface area contributed by atoms with Crippen LogP contribution >= 0.6 is 0 Å². The summed E-state index contributed by atoms with van der Waals surface area (Å²) in [5, 5.41) is 4.33. The minimum absolute atomic E-state index is 0.841. The van der Waals surface area contributed by atoms with Gasteiger partial charge in [0.2, 0.25) is 0 Å². The lowest BCUT2D eigenvalue weighted by molar-refractivity contribution is 0.415. The second kappa shape index (κ2) is 7.48. The summed E-state index contributed by atoms with van der Waals surface area (Å²) in [6, 6.07) is 7.85. The number of aliphatic imine (C=N–C) groups is 1. The zero-order chi connectivity index (χ0) is 13.4. The molecule has 0 saturated carbocycles. The van der Waals surface area contributed by atoms with Crippen molar-refractivity contribution >= 4 is 11.4 Å². The van der Waals surface area contributed by atoms with E-state index in [0.717, 1.165) is 35.6 Å². The van der Waals surface area contributed by atoms with Gasteiger partial charge in [-0.1, -0.05) is 13.3 Å². The van der Waals surface area contributed by atoms with E-state index in [1.165, 1.54) is 0 Å². The number of hydrogen-bond donors (Lipinski definition) is 1. The van der Waals surface area contributed by atoms with Crippen LogP contribution in [0.5, 0.6) is 5.75 Å². The molecule has 0 amide bonds. The fourth-order valence-corrected chi connectivity index (χ4v) is 1.73. The van der Waals surface area contributed by atoms with Gasteiger partial charge in [0, 0.05) is 19.7 Å². The van der Waals surface area contributed by atoms with Crippen molar-refractivity contribution in [2.45, 2.75) is 19.8 Å². The SMILES string of the molecule is CCCC(=N/C)/C(=N\NC)c1ccc(OC)cc1. The van der Waals surface area contributed by atoms with E-state index in [-0.39, 0.29) is 0 Å². The number of hydrogen-bond acceptors (Lipinski definition) is 4. The van der Waals surface area contributed by atoms with Crippen LogP contribution in [0.4, 0.5) is 0 Å². The van der Waals surface area contributed by atoms with Crippen LogP contribution in [0.1, 0.15) is 25.3 Å². The third-order valence-corrected chi connectivity index (χ3v) is 2.62.